The van der Waals surface area contributed by atoms with Crippen molar-refractivity contribution in [3.05, 3.63) is 52.0 Å². The Balaban J connectivity index is 1.83. The minimum atomic E-state index is -3.76. The van der Waals surface area contributed by atoms with Crippen molar-refractivity contribution < 1.29 is 17.6 Å². The van der Waals surface area contributed by atoms with E-state index in [4.69, 9.17) is 0 Å². The molecule has 1 fully saturated rings. The minimum absolute atomic E-state index is 0.0224. The van der Waals surface area contributed by atoms with Gasteiger partial charge in [0.15, 0.2) is 9.84 Å². The summed E-state index contributed by atoms with van der Waals surface area (Å²) in [6, 6.07) is 7.38. The van der Waals surface area contributed by atoms with E-state index >= 15 is 0 Å². The average Bonchev–Trinajstić information content (AvgIpc) is 3.18. The highest BCUT2D eigenvalue weighted by Crippen LogP contribution is 2.32. The molecule has 1 heterocycles. The van der Waals surface area contributed by atoms with Crippen LogP contribution in [-0.4, -0.2) is 20.9 Å². The van der Waals surface area contributed by atoms with Crippen molar-refractivity contribution >= 4 is 27.1 Å². The van der Waals surface area contributed by atoms with Gasteiger partial charge in [-0.25, -0.2) is 12.8 Å². The number of rotatable bonds is 6. The normalized spacial score (nSPS) is 16.8. The van der Waals surface area contributed by atoms with Crippen LogP contribution in [-0.2, 0) is 14.6 Å². The van der Waals surface area contributed by atoms with Crippen LogP contribution in [0.3, 0.4) is 0 Å². The van der Waals surface area contributed by atoms with E-state index in [0.29, 0.717) is 4.88 Å². The molecule has 0 aliphatic heterocycles. The first kappa shape index (κ1) is 20.0. The van der Waals surface area contributed by atoms with Crippen LogP contribution in [0.5, 0.6) is 0 Å². The smallest absolute Gasteiger partial charge is 0.223 e. The van der Waals surface area contributed by atoms with Crippen molar-refractivity contribution in [1.82, 2.24) is 5.32 Å². The molecule has 1 aliphatic carbocycles. The van der Waals surface area contributed by atoms with Crippen molar-refractivity contribution in [3.8, 4) is 0 Å². The number of carbonyl (C=O) groups is 1. The third-order valence-electron chi connectivity index (χ3n) is 5.13. The molecule has 1 aliphatic rings. The molecule has 1 aromatic heterocycles. The van der Waals surface area contributed by atoms with E-state index < -0.39 is 20.9 Å². The number of amides is 1. The SMILES string of the molecule is Cc1cc(S(=O)(=O)C(CNC(=O)C2CCCCC2)c2cccs2)ccc1F. The molecule has 0 spiro atoms. The van der Waals surface area contributed by atoms with Gasteiger partial charge in [-0.2, -0.15) is 0 Å². The molecule has 4 nitrogen and oxygen atoms in total. The number of sulfone groups is 1. The Morgan fingerprint density at radius 1 is 1.26 bits per heavy atom. The van der Waals surface area contributed by atoms with Crippen molar-refractivity contribution in [2.75, 3.05) is 6.54 Å². The highest BCUT2D eigenvalue weighted by Gasteiger charge is 2.32. The fraction of sp³-hybridized carbons (Fsp3) is 0.450. The lowest BCUT2D eigenvalue weighted by Gasteiger charge is -2.23. The minimum Gasteiger partial charge on any atom is -0.354 e. The predicted octanol–water partition coefficient (Wildman–Crippen LogP) is 4.41. The van der Waals surface area contributed by atoms with Gasteiger partial charge >= 0.3 is 0 Å². The maximum absolute atomic E-state index is 13.6. The lowest BCUT2D eigenvalue weighted by atomic mass is 9.89. The van der Waals surface area contributed by atoms with Gasteiger partial charge in [0, 0.05) is 17.3 Å². The Kier molecular flexibility index (Phi) is 6.32. The van der Waals surface area contributed by atoms with Gasteiger partial charge in [0.05, 0.1) is 4.90 Å². The third kappa shape index (κ3) is 4.58. The van der Waals surface area contributed by atoms with E-state index in [-0.39, 0.29) is 28.8 Å². The standard InChI is InChI=1S/C20H24FNO3S2/c1-14-12-16(9-10-17(14)21)27(24,25)19(18-8-5-11-26-18)13-22-20(23)15-6-3-2-4-7-15/h5,8-12,15,19H,2-4,6-7,13H2,1H3,(H,22,23). The zero-order valence-corrected chi connectivity index (χ0v) is 16.9. The molecule has 0 saturated heterocycles. The summed E-state index contributed by atoms with van der Waals surface area (Å²) >= 11 is 1.34. The van der Waals surface area contributed by atoms with Crippen LogP contribution in [0.4, 0.5) is 4.39 Å². The number of benzene rings is 1. The van der Waals surface area contributed by atoms with Gasteiger partial charge in [0.1, 0.15) is 11.1 Å². The van der Waals surface area contributed by atoms with Crippen molar-refractivity contribution in [2.45, 2.75) is 49.2 Å². The Bertz CT molecular complexity index is 888. The molecule has 3 rings (SSSR count). The van der Waals surface area contributed by atoms with E-state index in [2.05, 4.69) is 5.32 Å². The molecule has 146 valence electrons. The van der Waals surface area contributed by atoms with Gasteiger partial charge in [-0.3, -0.25) is 4.79 Å². The van der Waals surface area contributed by atoms with Crippen molar-refractivity contribution in [2.24, 2.45) is 5.92 Å². The van der Waals surface area contributed by atoms with E-state index in [1.807, 2.05) is 5.38 Å². The van der Waals surface area contributed by atoms with Crippen LogP contribution in [0.25, 0.3) is 0 Å². The molecule has 7 heteroatoms. The van der Waals surface area contributed by atoms with Gasteiger partial charge in [-0.05, 0) is 55.0 Å². The summed E-state index contributed by atoms with van der Waals surface area (Å²) in [6.45, 7) is 1.56. The Labute approximate surface area is 163 Å². The molecule has 1 saturated carbocycles. The Morgan fingerprint density at radius 2 is 2.00 bits per heavy atom. The first-order chi connectivity index (χ1) is 12.9. The number of hydrogen-bond acceptors (Lipinski definition) is 4. The van der Waals surface area contributed by atoms with Gasteiger partial charge in [0.2, 0.25) is 5.91 Å². The lowest BCUT2D eigenvalue weighted by molar-refractivity contribution is -0.125. The number of hydrogen-bond donors (Lipinski definition) is 1. The summed E-state index contributed by atoms with van der Waals surface area (Å²) < 4.78 is 40.0. The second-order valence-electron chi connectivity index (χ2n) is 7.04. The summed E-state index contributed by atoms with van der Waals surface area (Å²) in [5.74, 6) is -0.535. The van der Waals surface area contributed by atoms with E-state index in [1.165, 1.54) is 29.5 Å². The molecule has 1 unspecified atom stereocenters. The van der Waals surface area contributed by atoms with Crippen LogP contribution in [0.1, 0.15) is 47.8 Å². The summed E-state index contributed by atoms with van der Waals surface area (Å²) in [6.07, 6.45) is 4.96. The van der Waals surface area contributed by atoms with Gasteiger partial charge < -0.3 is 5.32 Å². The third-order valence-corrected chi connectivity index (χ3v) is 8.35. The van der Waals surface area contributed by atoms with Crippen molar-refractivity contribution in [3.63, 3.8) is 0 Å². The number of aryl methyl sites for hydroxylation is 1. The molecule has 27 heavy (non-hydrogen) atoms. The zero-order chi connectivity index (χ0) is 19.4. The van der Waals surface area contributed by atoms with Gasteiger partial charge in [-0.1, -0.05) is 25.3 Å². The molecule has 1 atom stereocenters. The predicted molar refractivity (Wildman–Crippen MR) is 105 cm³/mol. The highest BCUT2D eigenvalue weighted by atomic mass is 32.2. The molecule has 2 aromatic rings. The maximum Gasteiger partial charge on any atom is 0.223 e. The van der Waals surface area contributed by atoms with Crippen LogP contribution >= 0.6 is 11.3 Å². The molecule has 0 radical (unpaired) electrons. The zero-order valence-electron chi connectivity index (χ0n) is 15.3. The summed E-state index contributed by atoms with van der Waals surface area (Å²) in [4.78, 5) is 13.2. The molecule has 0 bridgehead atoms. The Hall–Kier alpha value is -1.73. The first-order valence-corrected chi connectivity index (χ1v) is 11.6. The van der Waals surface area contributed by atoms with E-state index in [1.54, 1.807) is 19.1 Å². The number of carbonyl (C=O) groups excluding carboxylic acids is 1. The fourth-order valence-electron chi connectivity index (χ4n) is 3.50. The molecular formula is C20H24FNO3S2. The highest BCUT2D eigenvalue weighted by molar-refractivity contribution is 7.91. The second kappa shape index (κ2) is 8.52. The van der Waals surface area contributed by atoms with Gasteiger partial charge in [0.25, 0.3) is 0 Å². The first-order valence-electron chi connectivity index (χ1n) is 9.21. The largest absolute Gasteiger partial charge is 0.354 e. The monoisotopic (exact) mass is 409 g/mol. The molecule has 1 aromatic carbocycles. The summed E-state index contributed by atoms with van der Waals surface area (Å²) in [5.41, 5.74) is 0.284. The molecular weight excluding hydrogens is 385 g/mol. The molecule has 1 N–H and O–H groups in total. The summed E-state index contributed by atoms with van der Waals surface area (Å²) in [5, 5.41) is 3.79. The van der Waals surface area contributed by atoms with Crippen LogP contribution in [0, 0.1) is 18.7 Å². The topological polar surface area (TPSA) is 63.2 Å². The summed E-state index contributed by atoms with van der Waals surface area (Å²) in [7, 11) is -3.76. The number of thiophene rings is 1. The van der Waals surface area contributed by atoms with Gasteiger partial charge in [-0.15, -0.1) is 11.3 Å². The van der Waals surface area contributed by atoms with Crippen LogP contribution in [0.15, 0.2) is 40.6 Å². The van der Waals surface area contributed by atoms with E-state index in [9.17, 15) is 17.6 Å². The van der Waals surface area contributed by atoms with Crippen LogP contribution in [0.2, 0.25) is 0 Å². The second-order valence-corrected chi connectivity index (χ2v) is 10.1. The molecule has 1 amide bonds. The quantitative estimate of drug-likeness (QED) is 0.719. The fourth-order valence-corrected chi connectivity index (χ4v) is 6.37. The maximum atomic E-state index is 13.6. The Morgan fingerprint density at radius 3 is 2.63 bits per heavy atom. The lowest BCUT2D eigenvalue weighted by Crippen LogP contribution is -2.36. The average molecular weight is 410 g/mol. The number of halogens is 1. The number of nitrogens with one attached hydrogen (secondary N) is 1. The van der Waals surface area contributed by atoms with Crippen LogP contribution < -0.4 is 5.32 Å². The van der Waals surface area contributed by atoms with Crippen molar-refractivity contribution in [1.29, 1.82) is 0 Å². The van der Waals surface area contributed by atoms with E-state index in [0.717, 1.165) is 32.1 Å².